The van der Waals surface area contributed by atoms with E-state index in [0.717, 1.165) is 10.8 Å². The molecule has 0 saturated carbocycles. The first-order valence-electron chi connectivity index (χ1n) is 4.40. The maximum absolute atomic E-state index is 12.1. The van der Waals surface area contributed by atoms with Gasteiger partial charge in [-0.3, -0.25) is 0 Å². The summed E-state index contributed by atoms with van der Waals surface area (Å²) in [6.07, 6.45) is -4.65. The summed E-state index contributed by atoms with van der Waals surface area (Å²) < 4.78 is 40.7. The molecule has 1 nitrogen and oxygen atoms in total. The van der Waals surface area contributed by atoms with Crippen molar-refractivity contribution in [3.8, 4) is 5.75 Å². The van der Waals surface area contributed by atoms with Gasteiger partial charge in [0.1, 0.15) is 5.75 Å². The zero-order valence-electron chi connectivity index (χ0n) is 7.88. The van der Waals surface area contributed by atoms with Gasteiger partial charge in [0.25, 0.3) is 0 Å². The third kappa shape index (κ3) is 2.40. The van der Waals surface area contributed by atoms with Gasteiger partial charge >= 0.3 is 6.36 Å². The molecule has 0 radical (unpaired) electrons. The molecule has 0 aliphatic carbocycles. The molecule has 0 amide bonds. The predicted octanol–water partition coefficient (Wildman–Crippen LogP) is 4.34. The Morgan fingerprint density at radius 1 is 1.00 bits per heavy atom. The molecular weight excluding hydrogens is 332 g/mol. The Bertz CT molecular complexity index is 522. The van der Waals surface area contributed by atoms with Crippen LogP contribution in [0.5, 0.6) is 5.75 Å². The van der Waals surface area contributed by atoms with Crippen molar-refractivity contribution in [3.63, 3.8) is 0 Å². The Balaban J connectivity index is 2.53. The quantitative estimate of drug-likeness (QED) is 0.703. The van der Waals surface area contributed by atoms with Crippen molar-refractivity contribution in [3.05, 3.63) is 40.0 Å². The van der Waals surface area contributed by atoms with E-state index in [1.807, 2.05) is 34.7 Å². The topological polar surface area (TPSA) is 9.23 Å². The highest BCUT2D eigenvalue weighted by Crippen LogP contribution is 2.32. The molecule has 0 fully saturated rings. The number of fused-ring (bicyclic) bond motifs is 1. The van der Waals surface area contributed by atoms with E-state index in [1.54, 1.807) is 18.2 Å². The Kier molecular flexibility index (Phi) is 2.96. The third-order valence-corrected chi connectivity index (χ3v) is 3.17. The summed E-state index contributed by atoms with van der Waals surface area (Å²) in [4.78, 5) is 0. The van der Waals surface area contributed by atoms with E-state index in [4.69, 9.17) is 0 Å². The SMILES string of the molecule is FC(F)(F)Oc1ccc2ccccc2c1I. The normalized spacial score (nSPS) is 11.8. The summed E-state index contributed by atoms with van der Waals surface area (Å²) in [5.41, 5.74) is 0. The molecule has 5 heteroatoms. The van der Waals surface area contributed by atoms with Crippen molar-refractivity contribution in [2.45, 2.75) is 6.36 Å². The molecule has 0 aromatic heterocycles. The lowest BCUT2D eigenvalue weighted by atomic mass is 10.1. The highest BCUT2D eigenvalue weighted by atomic mass is 127. The maximum Gasteiger partial charge on any atom is 0.573 e. The van der Waals surface area contributed by atoms with Gasteiger partial charge in [-0.25, -0.2) is 0 Å². The summed E-state index contributed by atoms with van der Waals surface area (Å²) >= 11 is 1.85. The van der Waals surface area contributed by atoms with E-state index in [1.165, 1.54) is 6.07 Å². The van der Waals surface area contributed by atoms with Crippen molar-refractivity contribution < 1.29 is 17.9 Å². The number of halogens is 4. The Morgan fingerprint density at radius 2 is 1.69 bits per heavy atom. The number of benzene rings is 2. The minimum Gasteiger partial charge on any atom is -0.405 e. The van der Waals surface area contributed by atoms with Gasteiger partial charge in [-0.15, -0.1) is 13.2 Å². The van der Waals surface area contributed by atoms with Crippen LogP contribution in [0.1, 0.15) is 0 Å². The van der Waals surface area contributed by atoms with Crippen molar-refractivity contribution in [1.82, 2.24) is 0 Å². The summed E-state index contributed by atoms with van der Waals surface area (Å²) in [5, 5.41) is 1.64. The lowest BCUT2D eigenvalue weighted by Crippen LogP contribution is -2.17. The number of hydrogen-bond donors (Lipinski definition) is 0. The second-order valence-corrected chi connectivity index (χ2v) is 4.23. The van der Waals surface area contributed by atoms with Crippen LogP contribution in [0.3, 0.4) is 0 Å². The van der Waals surface area contributed by atoms with E-state index < -0.39 is 6.36 Å². The van der Waals surface area contributed by atoms with Crippen LogP contribution in [-0.4, -0.2) is 6.36 Å². The van der Waals surface area contributed by atoms with Gasteiger partial charge < -0.3 is 4.74 Å². The van der Waals surface area contributed by atoms with Crippen LogP contribution in [0.15, 0.2) is 36.4 Å². The molecule has 0 aliphatic heterocycles. The summed E-state index contributed by atoms with van der Waals surface area (Å²) in [6, 6.07) is 10.2. The molecule has 0 N–H and O–H groups in total. The third-order valence-electron chi connectivity index (χ3n) is 2.05. The molecule has 0 spiro atoms. The first kappa shape index (κ1) is 11.5. The molecule has 16 heavy (non-hydrogen) atoms. The zero-order chi connectivity index (χ0) is 11.8. The monoisotopic (exact) mass is 338 g/mol. The molecule has 0 bridgehead atoms. The standard InChI is InChI=1S/C11H6F3IO/c12-11(13,14)16-9-6-5-7-3-1-2-4-8(7)10(9)15/h1-6H. The zero-order valence-corrected chi connectivity index (χ0v) is 10.0. The summed E-state index contributed by atoms with van der Waals surface area (Å²) in [7, 11) is 0. The second-order valence-electron chi connectivity index (χ2n) is 3.15. The van der Waals surface area contributed by atoms with Gasteiger partial charge in [-0.1, -0.05) is 30.3 Å². The predicted molar refractivity (Wildman–Crippen MR) is 63.3 cm³/mol. The Labute approximate surface area is 103 Å². The van der Waals surface area contributed by atoms with Crippen LogP contribution >= 0.6 is 22.6 Å². The van der Waals surface area contributed by atoms with Crippen LogP contribution < -0.4 is 4.74 Å². The summed E-state index contributed by atoms with van der Waals surface area (Å²) in [5.74, 6) is -0.160. The van der Waals surface area contributed by atoms with Crippen molar-refractivity contribution in [2.24, 2.45) is 0 Å². The van der Waals surface area contributed by atoms with Crippen LogP contribution in [0.2, 0.25) is 0 Å². The fourth-order valence-electron chi connectivity index (χ4n) is 1.42. The molecule has 2 aromatic rings. The number of alkyl halides is 3. The van der Waals surface area contributed by atoms with E-state index in [-0.39, 0.29) is 5.75 Å². The largest absolute Gasteiger partial charge is 0.573 e. The fourth-order valence-corrected chi connectivity index (χ4v) is 2.20. The van der Waals surface area contributed by atoms with Gasteiger partial charge in [0, 0.05) is 0 Å². The van der Waals surface area contributed by atoms with E-state index in [2.05, 4.69) is 4.74 Å². The van der Waals surface area contributed by atoms with Crippen molar-refractivity contribution in [2.75, 3.05) is 0 Å². The van der Waals surface area contributed by atoms with Crippen LogP contribution in [-0.2, 0) is 0 Å². The lowest BCUT2D eigenvalue weighted by Gasteiger charge is -2.11. The van der Waals surface area contributed by atoms with Crippen LogP contribution in [0.4, 0.5) is 13.2 Å². The van der Waals surface area contributed by atoms with Gasteiger partial charge in [0.15, 0.2) is 0 Å². The van der Waals surface area contributed by atoms with Gasteiger partial charge in [0.2, 0.25) is 0 Å². The first-order chi connectivity index (χ1) is 7.47. The molecule has 0 unspecified atom stereocenters. The number of ether oxygens (including phenoxy) is 1. The molecule has 0 heterocycles. The second kappa shape index (κ2) is 4.12. The molecule has 0 aliphatic rings. The van der Waals surface area contributed by atoms with E-state index >= 15 is 0 Å². The molecular formula is C11H6F3IO. The molecule has 2 rings (SSSR count). The highest BCUT2D eigenvalue weighted by molar-refractivity contribution is 14.1. The first-order valence-corrected chi connectivity index (χ1v) is 5.48. The van der Waals surface area contributed by atoms with Crippen molar-refractivity contribution >= 4 is 33.4 Å². The summed E-state index contributed by atoms with van der Waals surface area (Å²) in [6.45, 7) is 0. The lowest BCUT2D eigenvalue weighted by molar-refractivity contribution is -0.274. The van der Waals surface area contributed by atoms with Crippen molar-refractivity contribution in [1.29, 1.82) is 0 Å². The minimum atomic E-state index is -4.65. The van der Waals surface area contributed by atoms with Gasteiger partial charge in [-0.2, -0.15) is 0 Å². The number of hydrogen-bond acceptors (Lipinski definition) is 1. The molecule has 0 atom stereocenters. The fraction of sp³-hybridized carbons (Fsp3) is 0.0909. The highest BCUT2D eigenvalue weighted by Gasteiger charge is 2.32. The molecule has 84 valence electrons. The van der Waals surface area contributed by atoms with E-state index in [0.29, 0.717) is 3.57 Å². The maximum atomic E-state index is 12.1. The van der Waals surface area contributed by atoms with Crippen LogP contribution in [0.25, 0.3) is 10.8 Å². The minimum absolute atomic E-state index is 0.160. The van der Waals surface area contributed by atoms with Crippen LogP contribution in [0, 0.1) is 3.57 Å². The van der Waals surface area contributed by atoms with Gasteiger partial charge in [-0.05, 0) is 39.4 Å². The molecule has 0 saturated heterocycles. The van der Waals surface area contributed by atoms with Gasteiger partial charge in [0.05, 0.1) is 3.57 Å². The Morgan fingerprint density at radius 3 is 2.38 bits per heavy atom. The smallest absolute Gasteiger partial charge is 0.405 e. The average molecular weight is 338 g/mol. The molecule has 2 aromatic carbocycles. The number of rotatable bonds is 1. The van der Waals surface area contributed by atoms with E-state index in [9.17, 15) is 13.2 Å². The average Bonchev–Trinajstić information content (AvgIpc) is 2.21. The Hall–Kier alpha value is -0.980.